The molecule has 0 aromatic rings. The molecule has 1 fully saturated rings. The number of ether oxygens (including phenoxy) is 1. The highest BCUT2D eigenvalue weighted by atomic mass is 16.5. The van der Waals surface area contributed by atoms with Gasteiger partial charge in [-0.3, -0.25) is 4.79 Å². The van der Waals surface area contributed by atoms with Crippen molar-refractivity contribution in [2.45, 2.75) is 39.2 Å². The second-order valence-corrected chi connectivity index (χ2v) is 5.10. The van der Waals surface area contributed by atoms with Crippen molar-refractivity contribution in [1.82, 2.24) is 4.90 Å². The lowest BCUT2D eigenvalue weighted by molar-refractivity contribution is -0.149. The van der Waals surface area contributed by atoms with Crippen molar-refractivity contribution in [3.05, 3.63) is 0 Å². The summed E-state index contributed by atoms with van der Waals surface area (Å²) in [4.78, 5) is 13.9. The number of carbonyl (C=O) groups excluding carboxylic acids is 1. The molecular formula is C12H24N2O2. The summed E-state index contributed by atoms with van der Waals surface area (Å²) >= 11 is 0. The maximum Gasteiger partial charge on any atom is 0.327 e. The number of likely N-dealkylation sites (tertiary alicyclic amines) is 1. The zero-order chi connectivity index (χ0) is 12.2. The summed E-state index contributed by atoms with van der Waals surface area (Å²) in [5, 5.41) is 0. The topological polar surface area (TPSA) is 55.6 Å². The summed E-state index contributed by atoms with van der Waals surface area (Å²) in [6.07, 6.45) is 2.39. The molecule has 0 amide bonds. The lowest BCUT2D eigenvalue weighted by Crippen LogP contribution is -2.55. The number of carbonyl (C=O) groups is 1. The number of hydrogen-bond acceptors (Lipinski definition) is 4. The van der Waals surface area contributed by atoms with E-state index in [-0.39, 0.29) is 5.97 Å². The second-order valence-electron chi connectivity index (χ2n) is 5.10. The van der Waals surface area contributed by atoms with Crippen LogP contribution in [-0.2, 0) is 9.53 Å². The first-order chi connectivity index (χ1) is 7.45. The third-order valence-corrected chi connectivity index (χ3v) is 3.17. The van der Waals surface area contributed by atoms with Crippen LogP contribution in [0.5, 0.6) is 0 Å². The molecule has 1 aliphatic heterocycles. The predicted molar refractivity (Wildman–Crippen MR) is 64.1 cm³/mol. The first-order valence-corrected chi connectivity index (χ1v) is 6.14. The Balaban J connectivity index is 2.42. The van der Waals surface area contributed by atoms with Crippen LogP contribution in [0.15, 0.2) is 0 Å². The molecule has 1 heterocycles. The normalized spacial score (nSPS) is 22.8. The van der Waals surface area contributed by atoms with E-state index in [1.54, 1.807) is 13.8 Å². The van der Waals surface area contributed by atoms with Crippen LogP contribution in [0.1, 0.15) is 33.6 Å². The fourth-order valence-corrected chi connectivity index (χ4v) is 2.05. The zero-order valence-corrected chi connectivity index (χ0v) is 10.7. The largest absolute Gasteiger partial charge is 0.465 e. The molecule has 2 N–H and O–H groups in total. The quantitative estimate of drug-likeness (QED) is 0.729. The molecule has 0 aromatic heterocycles. The van der Waals surface area contributed by atoms with Crippen LogP contribution < -0.4 is 5.73 Å². The van der Waals surface area contributed by atoms with E-state index in [0.29, 0.717) is 13.2 Å². The molecule has 0 bridgehead atoms. The van der Waals surface area contributed by atoms with Crippen molar-refractivity contribution in [2.75, 3.05) is 26.2 Å². The Bertz CT molecular complexity index is 233. The Labute approximate surface area is 98.1 Å². The van der Waals surface area contributed by atoms with Crippen LogP contribution in [0.3, 0.4) is 0 Å². The minimum absolute atomic E-state index is 0.298. The van der Waals surface area contributed by atoms with Gasteiger partial charge in [-0.05, 0) is 45.7 Å². The number of rotatable bonds is 4. The monoisotopic (exact) mass is 228 g/mol. The standard InChI is InChI=1S/C12H24N2O2/c1-4-16-11(15)12(3,13)9-14-7-5-10(2)6-8-14/h10H,4-9,13H2,1-3H3. The highest BCUT2D eigenvalue weighted by Gasteiger charge is 2.33. The Morgan fingerprint density at radius 2 is 2.06 bits per heavy atom. The third-order valence-electron chi connectivity index (χ3n) is 3.17. The van der Waals surface area contributed by atoms with E-state index in [1.165, 1.54) is 12.8 Å². The zero-order valence-electron chi connectivity index (χ0n) is 10.7. The van der Waals surface area contributed by atoms with Crippen molar-refractivity contribution in [2.24, 2.45) is 11.7 Å². The predicted octanol–water partition coefficient (Wildman–Crippen LogP) is 0.999. The van der Waals surface area contributed by atoms with Crippen molar-refractivity contribution >= 4 is 5.97 Å². The van der Waals surface area contributed by atoms with Gasteiger partial charge < -0.3 is 15.4 Å². The number of piperidine rings is 1. The Morgan fingerprint density at radius 1 is 1.50 bits per heavy atom. The molecule has 94 valence electrons. The van der Waals surface area contributed by atoms with Gasteiger partial charge in [-0.1, -0.05) is 6.92 Å². The minimum atomic E-state index is -0.878. The number of nitrogens with zero attached hydrogens (tertiary/aromatic N) is 1. The van der Waals surface area contributed by atoms with Crippen LogP contribution in [0.25, 0.3) is 0 Å². The van der Waals surface area contributed by atoms with Gasteiger partial charge >= 0.3 is 5.97 Å². The number of nitrogens with two attached hydrogens (primary N) is 1. The van der Waals surface area contributed by atoms with Crippen LogP contribution >= 0.6 is 0 Å². The van der Waals surface area contributed by atoms with E-state index in [2.05, 4.69) is 11.8 Å². The SMILES string of the molecule is CCOC(=O)C(C)(N)CN1CCC(C)CC1. The lowest BCUT2D eigenvalue weighted by Gasteiger charge is -2.35. The first-order valence-electron chi connectivity index (χ1n) is 6.14. The van der Waals surface area contributed by atoms with E-state index >= 15 is 0 Å². The van der Waals surface area contributed by atoms with E-state index in [0.717, 1.165) is 19.0 Å². The molecule has 0 saturated carbocycles. The van der Waals surface area contributed by atoms with Crippen LogP contribution in [0, 0.1) is 5.92 Å². The van der Waals surface area contributed by atoms with Crippen molar-refractivity contribution in [3.63, 3.8) is 0 Å². The van der Waals surface area contributed by atoms with E-state index in [4.69, 9.17) is 10.5 Å². The molecule has 0 radical (unpaired) electrons. The van der Waals surface area contributed by atoms with Crippen LogP contribution in [-0.4, -0.2) is 42.6 Å². The third kappa shape index (κ3) is 3.76. The Morgan fingerprint density at radius 3 is 2.56 bits per heavy atom. The highest BCUT2D eigenvalue weighted by Crippen LogP contribution is 2.17. The van der Waals surface area contributed by atoms with E-state index in [9.17, 15) is 4.79 Å². The molecule has 1 atom stereocenters. The summed E-state index contributed by atoms with van der Waals surface area (Å²) in [5.41, 5.74) is 5.12. The Hall–Kier alpha value is -0.610. The van der Waals surface area contributed by atoms with Gasteiger partial charge in [0.05, 0.1) is 6.61 Å². The fourth-order valence-electron chi connectivity index (χ4n) is 2.05. The number of esters is 1. The van der Waals surface area contributed by atoms with Crippen molar-refractivity contribution in [3.8, 4) is 0 Å². The van der Waals surface area contributed by atoms with Gasteiger partial charge in [0, 0.05) is 6.54 Å². The molecule has 1 saturated heterocycles. The molecule has 0 spiro atoms. The summed E-state index contributed by atoms with van der Waals surface area (Å²) in [6, 6.07) is 0. The average molecular weight is 228 g/mol. The van der Waals surface area contributed by atoms with Crippen molar-refractivity contribution in [1.29, 1.82) is 0 Å². The van der Waals surface area contributed by atoms with Gasteiger partial charge in [-0.2, -0.15) is 0 Å². The maximum absolute atomic E-state index is 11.6. The molecule has 1 aliphatic rings. The minimum Gasteiger partial charge on any atom is -0.465 e. The summed E-state index contributed by atoms with van der Waals surface area (Å²) in [7, 11) is 0. The van der Waals surface area contributed by atoms with Crippen LogP contribution in [0.4, 0.5) is 0 Å². The molecule has 16 heavy (non-hydrogen) atoms. The summed E-state index contributed by atoms with van der Waals surface area (Å²) in [6.45, 7) is 8.88. The fraction of sp³-hybridized carbons (Fsp3) is 0.917. The molecule has 4 heteroatoms. The molecule has 0 aliphatic carbocycles. The molecule has 1 rings (SSSR count). The highest BCUT2D eigenvalue weighted by molar-refractivity contribution is 5.80. The van der Waals surface area contributed by atoms with Gasteiger partial charge in [-0.25, -0.2) is 0 Å². The van der Waals surface area contributed by atoms with Crippen LogP contribution in [0.2, 0.25) is 0 Å². The van der Waals surface area contributed by atoms with Gasteiger partial charge in [-0.15, -0.1) is 0 Å². The summed E-state index contributed by atoms with van der Waals surface area (Å²) < 4.78 is 4.98. The smallest absolute Gasteiger partial charge is 0.327 e. The maximum atomic E-state index is 11.6. The van der Waals surface area contributed by atoms with Gasteiger partial charge in [0.25, 0.3) is 0 Å². The van der Waals surface area contributed by atoms with Crippen molar-refractivity contribution < 1.29 is 9.53 Å². The molecule has 4 nitrogen and oxygen atoms in total. The summed E-state index contributed by atoms with van der Waals surface area (Å²) in [5.74, 6) is 0.497. The average Bonchev–Trinajstić information content (AvgIpc) is 2.21. The second kappa shape index (κ2) is 5.64. The van der Waals surface area contributed by atoms with Gasteiger partial charge in [0.15, 0.2) is 0 Å². The van der Waals surface area contributed by atoms with Gasteiger partial charge in [0.2, 0.25) is 0 Å². The molecule has 0 aromatic carbocycles. The molecular weight excluding hydrogens is 204 g/mol. The van der Waals surface area contributed by atoms with E-state index < -0.39 is 5.54 Å². The first kappa shape index (κ1) is 13.5. The lowest BCUT2D eigenvalue weighted by atomic mass is 9.96. The Kier molecular flexibility index (Phi) is 4.74. The van der Waals surface area contributed by atoms with E-state index in [1.807, 2.05) is 0 Å². The molecule has 1 unspecified atom stereocenters. The number of hydrogen-bond donors (Lipinski definition) is 1. The van der Waals surface area contributed by atoms with Gasteiger partial charge in [0.1, 0.15) is 5.54 Å².